The summed E-state index contributed by atoms with van der Waals surface area (Å²) in [4.78, 5) is 20.9. The lowest BCUT2D eigenvalue weighted by Gasteiger charge is -2.05. The van der Waals surface area contributed by atoms with Crippen LogP contribution in [0.4, 0.5) is 0 Å². The van der Waals surface area contributed by atoms with Crippen LogP contribution < -0.4 is 0 Å². The van der Waals surface area contributed by atoms with Gasteiger partial charge in [-0.05, 0) is 26.8 Å². The van der Waals surface area contributed by atoms with Gasteiger partial charge >= 0.3 is 0 Å². The molecule has 3 rings (SSSR count). The molecule has 2 heterocycles. The molecule has 0 radical (unpaired) electrons. The SMILES string of the molecule is Cc1ccc(C(=O)CSc2cc(C)nc3nc(C)nn23)cc1. The molecule has 0 bridgehead atoms. The van der Waals surface area contributed by atoms with Gasteiger partial charge in [-0.1, -0.05) is 41.6 Å². The van der Waals surface area contributed by atoms with Gasteiger partial charge in [-0.15, -0.1) is 5.10 Å². The summed E-state index contributed by atoms with van der Waals surface area (Å²) in [7, 11) is 0. The number of ketones is 1. The van der Waals surface area contributed by atoms with Crippen molar-refractivity contribution >= 4 is 23.3 Å². The second-order valence-electron chi connectivity index (χ2n) is 5.18. The lowest BCUT2D eigenvalue weighted by atomic mass is 10.1. The molecular formula is C16H16N4OS. The van der Waals surface area contributed by atoms with Crippen LogP contribution in [0.5, 0.6) is 0 Å². The van der Waals surface area contributed by atoms with E-state index >= 15 is 0 Å². The predicted molar refractivity (Wildman–Crippen MR) is 86.5 cm³/mol. The molecule has 0 saturated heterocycles. The number of Topliss-reactive ketones (excluding diaryl/α,β-unsaturated/α-hetero) is 1. The van der Waals surface area contributed by atoms with Crippen molar-refractivity contribution in [3.05, 3.63) is 53.0 Å². The summed E-state index contributed by atoms with van der Waals surface area (Å²) in [6.07, 6.45) is 0. The van der Waals surface area contributed by atoms with Crippen LogP contribution in [0.15, 0.2) is 35.4 Å². The Morgan fingerprint density at radius 1 is 1.14 bits per heavy atom. The van der Waals surface area contributed by atoms with Crippen molar-refractivity contribution in [1.29, 1.82) is 0 Å². The number of carbonyl (C=O) groups excluding carboxylic acids is 1. The molecule has 0 saturated carbocycles. The molecule has 3 aromatic rings. The first kappa shape index (κ1) is 14.7. The van der Waals surface area contributed by atoms with Gasteiger partial charge in [0.1, 0.15) is 10.9 Å². The maximum absolute atomic E-state index is 12.3. The van der Waals surface area contributed by atoms with E-state index in [0.717, 1.165) is 21.8 Å². The van der Waals surface area contributed by atoms with Crippen molar-refractivity contribution in [3.8, 4) is 0 Å². The highest BCUT2D eigenvalue weighted by Crippen LogP contribution is 2.20. The Hall–Kier alpha value is -2.21. The second kappa shape index (κ2) is 5.88. The van der Waals surface area contributed by atoms with Crippen molar-refractivity contribution in [2.24, 2.45) is 0 Å². The first-order valence-corrected chi connectivity index (χ1v) is 7.95. The predicted octanol–water partition coefficient (Wildman–Crippen LogP) is 3.02. The second-order valence-corrected chi connectivity index (χ2v) is 6.18. The van der Waals surface area contributed by atoms with Crippen LogP contribution in [0.25, 0.3) is 5.78 Å². The normalized spacial score (nSPS) is 11.0. The average molecular weight is 312 g/mol. The summed E-state index contributed by atoms with van der Waals surface area (Å²) < 4.78 is 1.69. The fraction of sp³-hybridized carbons (Fsp3) is 0.250. The number of nitrogens with zero attached hydrogens (tertiary/aromatic N) is 4. The van der Waals surface area contributed by atoms with Crippen molar-refractivity contribution in [2.75, 3.05) is 5.75 Å². The Morgan fingerprint density at radius 2 is 1.86 bits per heavy atom. The van der Waals surface area contributed by atoms with E-state index in [-0.39, 0.29) is 5.78 Å². The molecule has 0 N–H and O–H groups in total. The number of hydrogen-bond acceptors (Lipinski definition) is 5. The van der Waals surface area contributed by atoms with E-state index in [1.807, 2.05) is 51.1 Å². The Labute approximate surface area is 132 Å². The van der Waals surface area contributed by atoms with Gasteiger partial charge in [0.25, 0.3) is 5.78 Å². The zero-order chi connectivity index (χ0) is 15.7. The van der Waals surface area contributed by atoms with Gasteiger partial charge in [-0.3, -0.25) is 4.79 Å². The fourth-order valence-electron chi connectivity index (χ4n) is 2.12. The van der Waals surface area contributed by atoms with Gasteiger partial charge in [0, 0.05) is 11.3 Å². The standard InChI is InChI=1S/C16H16N4OS/c1-10-4-6-13(7-5-10)14(21)9-22-15-8-11(2)17-16-18-12(3)19-20(15)16/h4-8H,9H2,1-3H3. The van der Waals surface area contributed by atoms with E-state index in [0.29, 0.717) is 17.4 Å². The van der Waals surface area contributed by atoms with Crippen LogP contribution in [0, 0.1) is 20.8 Å². The summed E-state index contributed by atoms with van der Waals surface area (Å²) in [5.41, 5.74) is 2.74. The van der Waals surface area contributed by atoms with Gasteiger partial charge < -0.3 is 0 Å². The van der Waals surface area contributed by atoms with Crippen LogP contribution in [0.2, 0.25) is 0 Å². The van der Waals surface area contributed by atoms with Crippen molar-refractivity contribution in [2.45, 2.75) is 25.8 Å². The number of aromatic nitrogens is 4. The topological polar surface area (TPSA) is 60.2 Å². The number of aryl methyl sites for hydroxylation is 3. The van der Waals surface area contributed by atoms with Crippen molar-refractivity contribution < 1.29 is 4.79 Å². The summed E-state index contributed by atoms with van der Waals surface area (Å²) in [5.74, 6) is 1.71. The number of rotatable bonds is 4. The molecule has 5 nitrogen and oxygen atoms in total. The van der Waals surface area contributed by atoms with Crippen LogP contribution in [0.1, 0.15) is 27.4 Å². The smallest absolute Gasteiger partial charge is 0.253 e. The van der Waals surface area contributed by atoms with Gasteiger partial charge in [0.05, 0.1) is 5.75 Å². The van der Waals surface area contributed by atoms with Gasteiger partial charge in [-0.2, -0.15) is 9.50 Å². The van der Waals surface area contributed by atoms with Crippen molar-refractivity contribution in [3.63, 3.8) is 0 Å². The largest absolute Gasteiger partial charge is 0.293 e. The highest BCUT2D eigenvalue weighted by Gasteiger charge is 2.11. The zero-order valence-corrected chi connectivity index (χ0v) is 13.5. The third-order valence-corrected chi connectivity index (χ3v) is 4.23. The van der Waals surface area contributed by atoms with E-state index in [1.165, 1.54) is 11.8 Å². The summed E-state index contributed by atoms with van der Waals surface area (Å²) >= 11 is 1.46. The molecule has 0 unspecified atom stereocenters. The first-order chi connectivity index (χ1) is 10.5. The maximum atomic E-state index is 12.3. The number of benzene rings is 1. The Kier molecular flexibility index (Phi) is 3.94. The summed E-state index contributed by atoms with van der Waals surface area (Å²) in [6.45, 7) is 5.75. The monoisotopic (exact) mass is 312 g/mol. The van der Waals surface area contributed by atoms with E-state index in [1.54, 1.807) is 4.52 Å². The van der Waals surface area contributed by atoms with E-state index in [4.69, 9.17) is 0 Å². The molecule has 1 aromatic carbocycles. The van der Waals surface area contributed by atoms with E-state index in [9.17, 15) is 4.79 Å². The highest BCUT2D eigenvalue weighted by molar-refractivity contribution is 7.99. The van der Waals surface area contributed by atoms with Gasteiger partial charge in [-0.25, -0.2) is 4.98 Å². The molecular weight excluding hydrogens is 296 g/mol. The number of thioether (sulfide) groups is 1. The molecule has 22 heavy (non-hydrogen) atoms. The first-order valence-electron chi connectivity index (χ1n) is 6.96. The minimum Gasteiger partial charge on any atom is -0.293 e. The highest BCUT2D eigenvalue weighted by atomic mass is 32.2. The van der Waals surface area contributed by atoms with Gasteiger partial charge in [0.2, 0.25) is 0 Å². The third-order valence-electron chi connectivity index (χ3n) is 3.24. The molecule has 0 spiro atoms. The Morgan fingerprint density at radius 3 is 2.59 bits per heavy atom. The molecule has 112 valence electrons. The lowest BCUT2D eigenvalue weighted by molar-refractivity contribution is 0.102. The molecule has 0 fully saturated rings. The molecule has 0 aliphatic rings. The zero-order valence-electron chi connectivity index (χ0n) is 12.7. The average Bonchev–Trinajstić information content (AvgIpc) is 2.85. The van der Waals surface area contributed by atoms with Crippen LogP contribution in [-0.4, -0.2) is 31.1 Å². The molecule has 0 atom stereocenters. The number of carbonyl (C=O) groups is 1. The van der Waals surface area contributed by atoms with E-state index in [2.05, 4.69) is 15.1 Å². The Bertz CT molecular complexity index is 839. The van der Waals surface area contributed by atoms with Gasteiger partial charge in [0.15, 0.2) is 5.78 Å². The fourth-order valence-corrected chi connectivity index (χ4v) is 3.06. The minimum absolute atomic E-state index is 0.101. The molecule has 0 amide bonds. The van der Waals surface area contributed by atoms with Crippen LogP contribution in [0.3, 0.4) is 0 Å². The molecule has 0 aliphatic carbocycles. The summed E-state index contributed by atoms with van der Waals surface area (Å²) in [5, 5.41) is 5.21. The number of hydrogen-bond donors (Lipinski definition) is 0. The van der Waals surface area contributed by atoms with Crippen LogP contribution in [-0.2, 0) is 0 Å². The van der Waals surface area contributed by atoms with E-state index < -0.39 is 0 Å². The minimum atomic E-state index is 0.101. The van der Waals surface area contributed by atoms with Crippen LogP contribution >= 0.6 is 11.8 Å². The summed E-state index contributed by atoms with van der Waals surface area (Å²) in [6, 6.07) is 9.56. The quantitative estimate of drug-likeness (QED) is 0.421. The maximum Gasteiger partial charge on any atom is 0.253 e. The molecule has 2 aromatic heterocycles. The molecule has 6 heteroatoms. The molecule has 0 aliphatic heterocycles. The lowest BCUT2D eigenvalue weighted by Crippen LogP contribution is -2.04. The third kappa shape index (κ3) is 3.01. The van der Waals surface area contributed by atoms with Crippen molar-refractivity contribution in [1.82, 2.24) is 19.6 Å². The Balaban J connectivity index is 1.81. The number of fused-ring (bicyclic) bond motifs is 1.